The molecule has 0 aromatic rings. The van der Waals surface area contributed by atoms with E-state index in [1.807, 2.05) is 11.8 Å². The highest BCUT2D eigenvalue weighted by Gasteiger charge is 2.29. The van der Waals surface area contributed by atoms with E-state index in [9.17, 15) is 0 Å². The zero-order valence-electron chi connectivity index (χ0n) is 17.6. The average molecular weight is 621 g/mol. The third kappa shape index (κ3) is 19.1. The monoisotopic (exact) mass is 620 g/mol. The van der Waals surface area contributed by atoms with Crippen LogP contribution in [-0.4, -0.2) is 90.0 Å². The molecule has 0 aromatic heterocycles. The summed E-state index contributed by atoms with van der Waals surface area (Å²) in [6.45, 7) is 0. The summed E-state index contributed by atoms with van der Waals surface area (Å²) in [4.78, 5) is 0. The van der Waals surface area contributed by atoms with Crippen LogP contribution in [0.5, 0.6) is 0 Å². The molecule has 0 aromatic carbocycles. The maximum Gasteiger partial charge on any atom is 0.0298 e. The molecule has 0 aliphatic carbocycles. The van der Waals surface area contributed by atoms with E-state index >= 15 is 0 Å². The van der Waals surface area contributed by atoms with Gasteiger partial charge in [-0.3, -0.25) is 0 Å². The van der Waals surface area contributed by atoms with Crippen molar-refractivity contribution in [1.82, 2.24) is 0 Å². The fourth-order valence-corrected chi connectivity index (χ4v) is 12.1. The van der Waals surface area contributed by atoms with Gasteiger partial charge in [0.05, 0.1) is 0 Å². The zero-order chi connectivity index (χ0) is 22.5. The second kappa shape index (κ2) is 25.9. The van der Waals surface area contributed by atoms with Crippen LogP contribution < -0.4 is 0 Å². The van der Waals surface area contributed by atoms with Crippen LogP contribution in [0.2, 0.25) is 0 Å². The van der Waals surface area contributed by atoms with E-state index in [-0.39, 0.29) is 0 Å². The minimum atomic E-state index is 0.399. The first-order valence-electron chi connectivity index (χ1n) is 10.4. The summed E-state index contributed by atoms with van der Waals surface area (Å²) >= 11 is 37.7. The Morgan fingerprint density at radius 1 is 0.567 bits per heavy atom. The van der Waals surface area contributed by atoms with Crippen LogP contribution in [0, 0.1) is 0 Å². The first kappa shape index (κ1) is 33.8. The summed E-state index contributed by atoms with van der Waals surface area (Å²) in [6.07, 6.45) is 3.53. The van der Waals surface area contributed by atoms with Crippen LogP contribution in [0.15, 0.2) is 0 Å². The molecule has 0 bridgehead atoms. The summed E-state index contributed by atoms with van der Waals surface area (Å²) < 4.78 is 0. The second-order valence-corrected chi connectivity index (χ2v) is 15.6. The van der Waals surface area contributed by atoms with Crippen molar-refractivity contribution in [3.63, 3.8) is 0 Å². The molecule has 0 radical (unpaired) electrons. The van der Waals surface area contributed by atoms with Gasteiger partial charge in [-0.1, -0.05) is 0 Å². The van der Waals surface area contributed by atoms with Crippen LogP contribution in [0.25, 0.3) is 0 Å². The van der Waals surface area contributed by atoms with E-state index < -0.39 is 0 Å². The van der Waals surface area contributed by atoms with Crippen molar-refractivity contribution in [2.24, 2.45) is 0 Å². The highest BCUT2D eigenvalue weighted by Crippen LogP contribution is 2.35. The fraction of sp³-hybridized carbons (Fsp3) is 1.00. The van der Waals surface area contributed by atoms with Crippen LogP contribution in [0.4, 0.5) is 0 Å². The van der Waals surface area contributed by atoms with Crippen molar-refractivity contribution >= 4 is 135 Å². The molecular weight excluding hydrogens is 581 g/mol. The van der Waals surface area contributed by atoms with Gasteiger partial charge in [0.25, 0.3) is 0 Å². The van der Waals surface area contributed by atoms with Crippen LogP contribution in [0.3, 0.4) is 0 Å². The maximum atomic E-state index is 5.14. The van der Waals surface area contributed by atoms with Crippen molar-refractivity contribution in [1.29, 1.82) is 0 Å². The van der Waals surface area contributed by atoms with Gasteiger partial charge in [-0.15, -0.1) is 0 Å². The highest BCUT2D eigenvalue weighted by atomic mass is 32.2. The van der Waals surface area contributed by atoms with E-state index in [1.54, 1.807) is 0 Å². The maximum absolute atomic E-state index is 5.14. The number of thioether (sulfide) groups is 5. The zero-order valence-corrected chi connectivity index (χ0v) is 27.1. The first-order valence-corrected chi connectivity index (χ1v) is 19.5. The Kier molecular flexibility index (Phi) is 29.3. The van der Waals surface area contributed by atoms with E-state index in [4.69, 9.17) is 12.6 Å². The molecule has 30 heavy (non-hydrogen) atoms. The summed E-state index contributed by atoms with van der Waals surface area (Å²) in [6, 6.07) is 0. The van der Waals surface area contributed by atoms with E-state index in [1.165, 1.54) is 42.3 Å². The molecule has 0 saturated heterocycles. The standard InChI is InChI=1S/C19H40S11/c20-4-1-8-26-15-18(28-9-2-5-21)19(29-10-3-6-22)17(25)14-30-16(12-24)13-27-11-7-23/h16-25H,1-15H2. The van der Waals surface area contributed by atoms with Crippen LogP contribution in [-0.2, 0) is 0 Å². The third-order valence-electron chi connectivity index (χ3n) is 3.97. The van der Waals surface area contributed by atoms with Gasteiger partial charge in [-0.2, -0.15) is 135 Å². The molecule has 0 fully saturated rings. The molecule has 0 nitrogen and oxygen atoms in total. The Balaban J connectivity index is 4.90. The Hall–Kier alpha value is 3.85. The predicted molar refractivity (Wildman–Crippen MR) is 179 cm³/mol. The molecule has 0 saturated carbocycles. The van der Waals surface area contributed by atoms with Crippen LogP contribution in [0.1, 0.15) is 19.3 Å². The molecule has 0 spiro atoms. The molecule has 11 heteroatoms. The molecule has 4 atom stereocenters. The summed E-state index contributed by atoms with van der Waals surface area (Å²) in [5.41, 5.74) is 0. The molecule has 4 unspecified atom stereocenters. The SMILES string of the molecule is SCCCSCC(SCCCS)C(SCCCS)C(S)CSC(CS)CSCCS. The first-order chi connectivity index (χ1) is 14.6. The Bertz CT molecular complexity index is 348. The van der Waals surface area contributed by atoms with Gasteiger partial charge in [0.2, 0.25) is 0 Å². The van der Waals surface area contributed by atoms with E-state index in [0.29, 0.717) is 21.0 Å². The highest BCUT2D eigenvalue weighted by molar-refractivity contribution is 8.06. The Labute approximate surface area is 241 Å². The fourth-order valence-electron chi connectivity index (χ4n) is 2.42. The summed E-state index contributed by atoms with van der Waals surface area (Å²) in [5.74, 6) is 12.9. The smallest absolute Gasteiger partial charge is 0.0298 e. The van der Waals surface area contributed by atoms with Gasteiger partial charge in [0.1, 0.15) is 0 Å². The van der Waals surface area contributed by atoms with Gasteiger partial charge < -0.3 is 0 Å². The lowest BCUT2D eigenvalue weighted by atomic mass is 10.2. The van der Waals surface area contributed by atoms with Gasteiger partial charge in [-0.05, 0) is 59.5 Å². The number of hydrogen-bond acceptors (Lipinski definition) is 11. The normalized spacial score (nSPS) is 15.8. The van der Waals surface area contributed by atoms with Gasteiger partial charge in [-0.25, -0.2) is 0 Å². The minimum absolute atomic E-state index is 0.399. The van der Waals surface area contributed by atoms with Crippen molar-refractivity contribution in [2.75, 3.05) is 69.0 Å². The largest absolute Gasteiger partial charge is 0.179 e. The van der Waals surface area contributed by atoms with E-state index in [2.05, 4.69) is 110 Å². The lowest BCUT2D eigenvalue weighted by Gasteiger charge is -2.31. The molecule has 0 amide bonds. The predicted octanol–water partition coefficient (Wildman–Crippen LogP) is 6.88. The van der Waals surface area contributed by atoms with Gasteiger partial charge in [0.15, 0.2) is 0 Å². The number of hydrogen-bond donors (Lipinski definition) is 6. The van der Waals surface area contributed by atoms with Gasteiger partial charge in [0, 0.05) is 49.8 Å². The Morgan fingerprint density at radius 3 is 1.77 bits per heavy atom. The minimum Gasteiger partial charge on any atom is -0.179 e. The summed E-state index contributed by atoms with van der Waals surface area (Å²) in [7, 11) is 0. The van der Waals surface area contributed by atoms with E-state index in [0.717, 1.165) is 46.0 Å². The molecule has 0 aliphatic heterocycles. The number of rotatable bonds is 23. The molecule has 0 N–H and O–H groups in total. The summed E-state index contributed by atoms with van der Waals surface area (Å²) in [5, 5.41) is 2.20. The topological polar surface area (TPSA) is 0 Å². The van der Waals surface area contributed by atoms with Gasteiger partial charge >= 0.3 is 0 Å². The van der Waals surface area contributed by atoms with Crippen molar-refractivity contribution in [3.05, 3.63) is 0 Å². The number of thiol groups is 6. The molecular formula is C19H40S11. The lowest BCUT2D eigenvalue weighted by Crippen LogP contribution is -2.34. The van der Waals surface area contributed by atoms with Crippen LogP contribution >= 0.6 is 135 Å². The average Bonchev–Trinajstić information content (AvgIpc) is 2.75. The Morgan fingerprint density at radius 2 is 1.17 bits per heavy atom. The third-order valence-corrected chi connectivity index (χ3v) is 14.3. The molecule has 0 heterocycles. The van der Waals surface area contributed by atoms with Crippen molar-refractivity contribution in [3.8, 4) is 0 Å². The lowest BCUT2D eigenvalue weighted by molar-refractivity contribution is 0.836. The molecule has 182 valence electrons. The van der Waals surface area contributed by atoms with Crippen molar-refractivity contribution < 1.29 is 0 Å². The molecule has 0 rings (SSSR count). The quantitative estimate of drug-likeness (QED) is 0.0543. The van der Waals surface area contributed by atoms with Crippen molar-refractivity contribution in [2.45, 2.75) is 40.3 Å². The molecule has 0 aliphatic rings. The second-order valence-electron chi connectivity index (χ2n) is 6.55.